The molecule has 0 saturated heterocycles. The van der Waals surface area contributed by atoms with Gasteiger partial charge in [-0.05, 0) is 12.0 Å². The van der Waals surface area contributed by atoms with Crippen molar-refractivity contribution in [1.82, 2.24) is 10.4 Å². The van der Waals surface area contributed by atoms with Crippen molar-refractivity contribution in [2.24, 2.45) is 0 Å². The van der Waals surface area contributed by atoms with Crippen LogP contribution in [0.5, 0.6) is 0 Å². The number of aryl methyl sites for hydroxylation is 1. The number of aliphatic carboxylic acids is 1. The molecular formula is C14H21N2O5P. The van der Waals surface area contributed by atoms with Crippen LogP contribution in [0.3, 0.4) is 0 Å². The molecule has 122 valence electrons. The summed E-state index contributed by atoms with van der Waals surface area (Å²) in [6.45, 7) is 0.299. The average Bonchev–Trinajstić information content (AvgIpc) is 2.49. The molecule has 0 heterocycles. The largest absolute Gasteiger partial charge is 0.481 e. The number of hydrogen-bond donors (Lipinski definition) is 4. The molecule has 0 spiro atoms. The summed E-state index contributed by atoms with van der Waals surface area (Å²) in [5.41, 5.74) is 0.945. The van der Waals surface area contributed by atoms with Crippen molar-refractivity contribution in [1.29, 1.82) is 0 Å². The normalized spacial score (nSPS) is 15.0. The Hall–Kier alpha value is -1.53. The van der Waals surface area contributed by atoms with E-state index in [4.69, 9.17) is 5.11 Å². The second kappa shape index (κ2) is 9.48. The Morgan fingerprint density at radius 2 is 2.00 bits per heavy atom. The first-order valence-corrected chi connectivity index (χ1v) is 8.79. The third-order valence-electron chi connectivity index (χ3n) is 2.96. The van der Waals surface area contributed by atoms with Crippen LogP contribution in [-0.4, -0.2) is 47.5 Å². The molecule has 0 amide bonds. The third kappa shape index (κ3) is 8.05. The van der Waals surface area contributed by atoms with Gasteiger partial charge in [0.15, 0.2) is 0 Å². The Kier molecular flexibility index (Phi) is 7.98. The highest BCUT2D eigenvalue weighted by atomic mass is 31.2. The van der Waals surface area contributed by atoms with Crippen LogP contribution < -0.4 is 10.4 Å². The van der Waals surface area contributed by atoms with E-state index < -0.39 is 19.5 Å². The molecule has 7 nitrogen and oxygen atoms in total. The average molecular weight is 328 g/mol. The number of rotatable bonds is 11. The Morgan fingerprint density at radius 3 is 2.59 bits per heavy atom. The molecule has 1 aromatic rings. The van der Waals surface area contributed by atoms with Crippen molar-refractivity contribution >= 4 is 19.8 Å². The monoisotopic (exact) mass is 328 g/mol. The van der Waals surface area contributed by atoms with Crippen LogP contribution in [0.25, 0.3) is 0 Å². The minimum absolute atomic E-state index is 0.0243. The highest BCUT2D eigenvalue weighted by Crippen LogP contribution is 2.36. The van der Waals surface area contributed by atoms with Gasteiger partial charge >= 0.3 is 5.97 Å². The maximum Gasteiger partial charge on any atom is 0.304 e. The molecule has 4 N–H and O–H groups in total. The highest BCUT2D eigenvalue weighted by molar-refractivity contribution is 7.55. The quantitative estimate of drug-likeness (QED) is 0.267. The molecule has 0 aliphatic carbocycles. The predicted octanol–water partition coefficient (Wildman–Crippen LogP) is 0.636. The first kappa shape index (κ1) is 18.5. The maximum absolute atomic E-state index is 12.1. The topological polar surface area (TPSA) is 116 Å². The summed E-state index contributed by atoms with van der Waals surface area (Å²) in [7, 11) is -3.64. The van der Waals surface area contributed by atoms with Gasteiger partial charge in [0.2, 0.25) is 0 Å². The standard InChI is InChI=1S/C14H21N2O5P/c17-11-13(10-15-8-6-14(18)19)16-22(20,21)9-7-12-4-2-1-3-5-12/h1-5,11,13,15H,6-10H2,(H,18,19)(H2,16,20,21)/t13-/m0/s1. The van der Waals surface area contributed by atoms with Gasteiger partial charge in [0.05, 0.1) is 12.5 Å². The van der Waals surface area contributed by atoms with Crippen molar-refractivity contribution < 1.29 is 24.2 Å². The predicted molar refractivity (Wildman–Crippen MR) is 82.9 cm³/mol. The summed E-state index contributed by atoms with van der Waals surface area (Å²) in [5.74, 6) is -0.946. The fourth-order valence-corrected chi connectivity index (χ4v) is 3.19. The molecule has 1 rings (SSSR count). The van der Waals surface area contributed by atoms with Crippen molar-refractivity contribution in [2.75, 3.05) is 19.3 Å². The van der Waals surface area contributed by atoms with E-state index in [9.17, 15) is 19.0 Å². The SMILES string of the molecule is O=C[C@H](CNCCC(=O)O)NP(=O)(O)CCc1ccccc1. The molecule has 0 aromatic heterocycles. The molecule has 0 bridgehead atoms. The number of carbonyl (C=O) groups is 2. The summed E-state index contributed by atoms with van der Waals surface area (Å²) in [6.07, 6.45) is 0.922. The van der Waals surface area contributed by atoms with E-state index in [1.807, 2.05) is 30.3 Å². The molecule has 2 atom stereocenters. The minimum atomic E-state index is -3.64. The lowest BCUT2D eigenvalue weighted by Crippen LogP contribution is -2.39. The van der Waals surface area contributed by atoms with Gasteiger partial charge in [-0.25, -0.2) is 5.09 Å². The lowest BCUT2D eigenvalue weighted by atomic mass is 10.2. The second-order valence-electron chi connectivity index (χ2n) is 4.88. The van der Waals surface area contributed by atoms with E-state index in [0.29, 0.717) is 12.7 Å². The van der Waals surface area contributed by atoms with Gasteiger partial charge in [-0.15, -0.1) is 0 Å². The van der Waals surface area contributed by atoms with Crippen molar-refractivity contribution in [3.05, 3.63) is 35.9 Å². The van der Waals surface area contributed by atoms with Crippen LogP contribution in [0.15, 0.2) is 30.3 Å². The van der Waals surface area contributed by atoms with Crippen molar-refractivity contribution in [3.8, 4) is 0 Å². The van der Waals surface area contributed by atoms with Gasteiger partial charge in [0.25, 0.3) is 7.52 Å². The Balaban J connectivity index is 2.38. The zero-order valence-corrected chi connectivity index (χ0v) is 13.0. The summed E-state index contributed by atoms with van der Waals surface area (Å²) >= 11 is 0. The number of benzene rings is 1. The van der Waals surface area contributed by atoms with Crippen LogP contribution in [-0.2, 0) is 20.6 Å². The van der Waals surface area contributed by atoms with Crippen LogP contribution in [0, 0.1) is 0 Å². The molecule has 0 radical (unpaired) electrons. The zero-order valence-electron chi connectivity index (χ0n) is 12.1. The Bertz CT molecular complexity index is 523. The maximum atomic E-state index is 12.1. The third-order valence-corrected chi connectivity index (χ3v) is 4.52. The fraction of sp³-hybridized carbons (Fsp3) is 0.429. The molecular weight excluding hydrogens is 307 g/mol. The number of aldehydes is 1. The van der Waals surface area contributed by atoms with Crippen LogP contribution in [0.4, 0.5) is 0 Å². The Labute approximate surface area is 129 Å². The Morgan fingerprint density at radius 1 is 1.32 bits per heavy atom. The number of carboxylic acids is 1. The molecule has 0 fully saturated rings. The van der Waals surface area contributed by atoms with Gasteiger partial charge in [0, 0.05) is 19.3 Å². The zero-order chi connectivity index (χ0) is 16.4. The van der Waals surface area contributed by atoms with Crippen LogP contribution >= 0.6 is 7.52 Å². The smallest absolute Gasteiger partial charge is 0.304 e. The second-order valence-corrected chi connectivity index (χ2v) is 6.99. The summed E-state index contributed by atoms with van der Waals surface area (Å²) < 4.78 is 12.1. The van der Waals surface area contributed by atoms with Crippen molar-refractivity contribution in [3.63, 3.8) is 0 Å². The van der Waals surface area contributed by atoms with E-state index in [2.05, 4.69) is 10.4 Å². The summed E-state index contributed by atoms with van der Waals surface area (Å²) in [5, 5.41) is 13.7. The lowest BCUT2D eigenvalue weighted by Gasteiger charge is -2.18. The molecule has 1 unspecified atom stereocenters. The number of nitrogens with one attached hydrogen (secondary N) is 2. The van der Waals surface area contributed by atoms with E-state index in [0.717, 1.165) is 5.56 Å². The fourth-order valence-electron chi connectivity index (χ4n) is 1.83. The molecule has 22 heavy (non-hydrogen) atoms. The molecule has 0 aliphatic rings. The first-order valence-electron chi connectivity index (χ1n) is 6.94. The van der Waals surface area contributed by atoms with E-state index in [-0.39, 0.29) is 25.7 Å². The highest BCUT2D eigenvalue weighted by Gasteiger charge is 2.22. The van der Waals surface area contributed by atoms with Crippen LogP contribution in [0.2, 0.25) is 0 Å². The minimum Gasteiger partial charge on any atom is -0.481 e. The lowest BCUT2D eigenvalue weighted by molar-refractivity contribution is -0.136. The number of carbonyl (C=O) groups excluding carboxylic acids is 1. The summed E-state index contributed by atoms with van der Waals surface area (Å²) in [6, 6.07) is 8.47. The first-order chi connectivity index (χ1) is 10.4. The molecule has 8 heteroatoms. The van der Waals surface area contributed by atoms with Crippen LogP contribution in [0.1, 0.15) is 12.0 Å². The molecule has 0 saturated carbocycles. The van der Waals surface area contributed by atoms with Gasteiger partial charge < -0.3 is 20.1 Å². The van der Waals surface area contributed by atoms with E-state index in [1.54, 1.807) is 0 Å². The van der Waals surface area contributed by atoms with E-state index in [1.165, 1.54) is 0 Å². The summed E-state index contributed by atoms with van der Waals surface area (Å²) in [4.78, 5) is 31.2. The number of carboxylic acid groups (broad SMARTS) is 1. The van der Waals surface area contributed by atoms with Crippen molar-refractivity contribution in [2.45, 2.75) is 18.9 Å². The van der Waals surface area contributed by atoms with Gasteiger partial charge in [-0.3, -0.25) is 9.36 Å². The molecule has 1 aromatic carbocycles. The molecule has 0 aliphatic heterocycles. The van der Waals surface area contributed by atoms with Gasteiger partial charge in [-0.1, -0.05) is 30.3 Å². The van der Waals surface area contributed by atoms with Gasteiger partial charge in [-0.2, -0.15) is 0 Å². The van der Waals surface area contributed by atoms with E-state index >= 15 is 0 Å². The van der Waals surface area contributed by atoms with Gasteiger partial charge in [0.1, 0.15) is 6.29 Å². The number of hydrogen-bond acceptors (Lipinski definition) is 4.